The van der Waals surface area contributed by atoms with E-state index in [2.05, 4.69) is 0 Å². The number of benzene rings is 3. The normalized spacial score (nSPS) is 30.1. The van der Waals surface area contributed by atoms with E-state index in [0.717, 1.165) is 16.7 Å². The first-order valence-corrected chi connectivity index (χ1v) is 17.6. The van der Waals surface area contributed by atoms with Crippen LogP contribution in [0.2, 0.25) is 0 Å². The number of aliphatic hydroxyl groups is 1. The van der Waals surface area contributed by atoms with Crippen LogP contribution in [0.4, 0.5) is 0 Å². The van der Waals surface area contributed by atoms with E-state index in [0.29, 0.717) is 0 Å². The van der Waals surface area contributed by atoms with Crippen LogP contribution >= 0.6 is 0 Å². The maximum absolute atomic E-state index is 13.9. The molecule has 10 nitrogen and oxygen atoms in total. The number of ether oxygens (including phenoxy) is 5. The molecule has 272 valence electrons. The van der Waals surface area contributed by atoms with E-state index >= 15 is 0 Å². The lowest BCUT2D eigenvalue weighted by molar-refractivity contribution is -0.186. The SMILES string of the molecule is C[C@H](O)[C@H]1C=C[C@@H](c2ccccc2)[C@@H](C(=O)O[C@@H](C)[C@H]2C=C[C@@H](c3ccccc3)[C@@H](C(=O)O[C@@H](C)[C@H]3C=C[C@@H](c4ccccc4)[C@@H](C(=O)O)O3)O2)O1. The molecule has 12 atom stereocenters. The van der Waals surface area contributed by atoms with E-state index in [9.17, 15) is 24.6 Å². The number of carboxylic acid groups (broad SMARTS) is 1. The maximum Gasteiger partial charge on any atom is 0.336 e. The molecule has 0 saturated carbocycles. The van der Waals surface area contributed by atoms with Crippen LogP contribution in [0.25, 0.3) is 0 Å². The fourth-order valence-corrected chi connectivity index (χ4v) is 6.83. The molecule has 0 amide bonds. The number of hydrogen-bond donors (Lipinski definition) is 2. The van der Waals surface area contributed by atoms with Crippen molar-refractivity contribution in [1.82, 2.24) is 0 Å². The fourth-order valence-electron chi connectivity index (χ4n) is 6.83. The summed E-state index contributed by atoms with van der Waals surface area (Å²) < 4.78 is 30.3. The van der Waals surface area contributed by atoms with Crippen molar-refractivity contribution in [2.24, 2.45) is 0 Å². The number of carbonyl (C=O) groups excluding carboxylic acids is 2. The van der Waals surface area contributed by atoms with Gasteiger partial charge in [0, 0.05) is 17.8 Å². The van der Waals surface area contributed by atoms with Crippen LogP contribution < -0.4 is 0 Å². The number of aliphatic hydroxyl groups excluding tert-OH is 1. The average Bonchev–Trinajstić information content (AvgIpc) is 3.18. The van der Waals surface area contributed by atoms with Crippen LogP contribution in [0, 0.1) is 0 Å². The number of aliphatic carboxylic acids is 1. The van der Waals surface area contributed by atoms with Gasteiger partial charge in [-0.05, 0) is 37.5 Å². The molecule has 0 unspecified atom stereocenters. The van der Waals surface area contributed by atoms with Crippen molar-refractivity contribution in [3.63, 3.8) is 0 Å². The second kappa shape index (κ2) is 16.6. The maximum atomic E-state index is 13.9. The molecule has 3 heterocycles. The molecular weight excluding hydrogens is 664 g/mol. The molecule has 2 N–H and O–H groups in total. The average molecular weight is 709 g/mol. The van der Waals surface area contributed by atoms with Gasteiger partial charge in [-0.1, -0.05) is 127 Å². The first kappa shape index (κ1) is 36.9. The molecule has 0 saturated heterocycles. The van der Waals surface area contributed by atoms with E-state index in [1.165, 1.54) is 0 Å². The van der Waals surface area contributed by atoms with Crippen LogP contribution in [-0.2, 0) is 38.1 Å². The van der Waals surface area contributed by atoms with E-state index in [4.69, 9.17) is 23.7 Å². The zero-order valence-electron chi connectivity index (χ0n) is 29.2. The summed E-state index contributed by atoms with van der Waals surface area (Å²) in [4.78, 5) is 39.9. The second-order valence-corrected chi connectivity index (χ2v) is 13.4. The highest BCUT2D eigenvalue weighted by atomic mass is 16.6. The molecule has 3 aliphatic heterocycles. The molecule has 0 bridgehead atoms. The second-order valence-electron chi connectivity index (χ2n) is 13.4. The largest absolute Gasteiger partial charge is 0.479 e. The van der Waals surface area contributed by atoms with Crippen molar-refractivity contribution >= 4 is 17.9 Å². The summed E-state index contributed by atoms with van der Waals surface area (Å²) >= 11 is 0. The van der Waals surface area contributed by atoms with Gasteiger partial charge in [-0.2, -0.15) is 0 Å². The van der Waals surface area contributed by atoms with Crippen molar-refractivity contribution < 1.29 is 48.3 Å². The Morgan fingerprint density at radius 2 is 0.846 bits per heavy atom. The van der Waals surface area contributed by atoms with Crippen LogP contribution in [0.3, 0.4) is 0 Å². The summed E-state index contributed by atoms with van der Waals surface area (Å²) in [5.41, 5.74) is 2.48. The Morgan fingerprint density at radius 1 is 0.519 bits per heavy atom. The summed E-state index contributed by atoms with van der Waals surface area (Å²) in [7, 11) is 0. The van der Waals surface area contributed by atoms with Crippen molar-refractivity contribution in [2.45, 2.75) is 93.5 Å². The summed E-state index contributed by atoms with van der Waals surface area (Å²) in [5, 5.41) is 20.2. The zero-order valence-corrected chi connectivity index (χ0v) is 29.2. The van der Waals surface area contributed by atoms with E-state index in [1.807, 2.05) is 103 Å². The Morgan fingerprint density at radius 3 is 1.21 bits per heavy atom. The Hall–Kier alpha value is -4.87. The highest BCUT2D eigenvalue weighted by molar-refractivity contribution is 5.78. The number of carbonyl (C=O) groups is 3. The van der Waals surface area contributed by atoms with Gasteiger partial charge in [0.25, 0.3) is 0 Å². The third kappa shape index (κ3) is 8.43. The third-order valence-corrected chi connectivity index (χ3v) is 9.68. The van der Waals surface area contributed by atoms with Crippen molar-refractivity contribution in [3.05, 3.63) is 144 Å². The number of esters is 2. The first-order valence-electron chi connectivity index (χ1n) is 17.6. The number of rotatable bonds is 11. The van der Waals surface area contributed by atoms with Gasteiger partial charge >= 0.3 is 17.9 Å². The topological polar surface area (TPSA) is 138 Å². The lowest BCUT2D eigenvalue weighted by Crippen LogP contribution is -2.47. The third-order valence-electron chi connectivity index (χ3n) is 9.68. The molecule has 0 aliphatic carbocycles. The smallest absolute Gasteiger partial charge is 0.336 e. The lowest BCUT2D eigenvalue weighted by atomic mass is 9.89. The molecule has 52 heavy (non-hydrogen) atoms. The molecule has 0 radical (unpaired) electrons. The summed E-state index contributed by atoms with van der Waals surface area (Å²) in [6.07, 6.45) is 2.56. The molecule has 0 fully saturated rings. The highest BCUT2D eigenvalue weighted by Gasteiger charge is 2.42. The molecule has 3 aliphatic rings. The summed E-state index contributed by atoms with van der Waals surface area (Å²) in [6, 6.07) is 28.0. The molecular formula is C42H44O10. The number of carboxylic acids is 1. The highest BCUT2D eigenvalue weighted by Crippen LogP contribution is 2.35. The van der Waals surface area contributed by atoms with Gasteiger partial charge in [0.2, 0.25) is 0 Å². The Labute approximate surface area is 303 Å². The summed E-state index contributed by atoms with van der Waals surface area (Å²) in [5.74, 6) is -3.89. The van der Waals surface area contributed by atoms with Crippen LogP contribution in [0.1, 0.15) is 55.2 Å². The van der Waals surface area contributed by atoms with Gasteiger partial charge in [0.15, 0.2) is 18.3 Å². The van der Waals surface area contributed by atoms with Crippen molar-refractivity contribution in [3.8, 4) is 0 Å². The van der Waals surface area contributed by atoms with E-state index in [-0.39, 0.29) is 0 Å². The van der Waals surface area contributed by atoms with Gasteiger partial charge in [-0.3, -0.25) is 0 Å². The molecule has 0 spiro atoms. The molecule has 10 heteroatoms. The molecule has 3 aromatic carbocycles. The van der Waals surface area contributed by atoms with E-state index in [1.54, 1.807) is 45.1 Å². The molecule has 3 aromatic rings. The van der Waals surface area contributed by atoms with Gasteiger partial charge in [0.1, 0.15) is 30.5 Å². The predicted octanol–water partition coefficient (Wildman–Crippen LogP) is 5.64. The van der Waals surface area contributed by atoms with Crippen LogP contribution in [0.5, 0.6) is 0 Å². The number of hydrogen-bond acceptors (Lipinski definition) is 9. The van der Waals surface area contributed by atoms with Gasteiger partial charge in [0.05, 0.1) is 6.10 Å². The first-order chi connectivity index (χ1) is 25.1. The fraction of sp³-hybridized carbons (Fsp3) is 0.357. The van der Waals surface area contributed by atoms with Crippen molar-refractivity contribution in [2.75, 3.05) is 0 Å². The van der Waals surface area contributed by atoms with Gasteiger partial charge < -0.3 is 33.9 Å². The predicted molar refractivity (Wildman–Crippen MR) is 191 cm³/mol. The monoisotopic (exact) mass is 708 g/mol. The van der Waals surface area contributed by atoms with Crippen LogP contribution in [-0.4, -0.2) is 83.1 Å². The molecule has 6 rings (SSSR count). The van der Waals surface area contributed by atoms with E-state index < -0.39 is 90.6 Å². The molecule has 0 aromatic heterocycles. The Bertz CT molecular complexity index is 1750. The minimum atomic E-state index is -1.18. The zero-order chi connectivity index (χ0) is 36.8. The minimum absolute atomic E-state index is 0.440. The van der Waals surface area contributed by atoms with Crippen LogP contribution in [0.15, 0.2) is 127 Å². The Balaban J connectivity index is 1.17. The Kier molecular flexibility index (Phi) is 11.8. The lowest BCUT2D eigenvalue weighted by Gasteiger charge is -2.37. The van der Waals surface area contributed by atoms with Crippen molar-refractivity contribution in [1.29, 1.82) is 0 Å². The quantitative estimate of drug-likeness (QED) is 0.190. The van der Waals surface area contributed by atoms with Gasteiger partial charge in [-0.25, -0.2) is 14.4 Å². The summed E-state index contributed by atoms with van der Waals surface area (Å²) in [6.45, 7) is 4.92. The van der Waals surface area contributed by atoms with Gasteiger partial charge in [-0.15, -0.1) is 0 Å². The standard InChI is InChI=1S/C42H44O10/c1-25(43)34-22-19-32(29-15-9-5-10-16-29)38(50-34)41(46)49-27(3)36-24-21-33(30-17-11-6-12-18-30)39(52-36)42(47)48-26(2)35-23-20-31(37(51-35)40(44)45)28-13-7-4-8-14-28/h4-27,31-39,43H,1-3H3,(H,44,45)/t25-,26-,27-,31-,32-,33-,34+,35+,36+,37-,38-,39-/m0/s1. The minimum Gasteiger partial charge on any atom is -0.479 e.